The maximum Gasteiger partial charge on any atom is 0.164 e. The first-order chi connectivity index (χ1) is 9.72. The Hall–Kier alpha value is -1.61. The summed E-state index contributed by atoms with van der Waals surface area (Å²) < 4.78 is 0. The predicted octanol–water partition coefficient (Wildman–Crippen LogP) is 4.46. The molecule has 0 radical (unpaired) electrons. The van der Waals surface area contributed by atoms with Crippen LogP contribution in [0.1, 0.15) is 47.1 Å². The van der Waals surface area contributed by atoms with Gasteiger partial charge in [-0.1, -0.05) is 19.1 Å². The van der Waals surface area contributed by atoms with Crippen molar-refractivity contribution in [1.82, 2.24) is 0 Å². The van der Waals surface area contributed by atoms with Crippen LogP contribution in [0.25, 0.3) is 0 Å². The summed E-state index contributed by atoms with van der Waals surface area (Å²) in [6.07, 6.45) is 1.63. The first-order valence-electron chi connectivity index (χ1n) is 7.17. The van der Waals surface area contributed by atoms with E-state index in [1.165, 1.54) is 10.4 Å². The van der Waals surface area contributed by atoms with Crippen molar-refractivity contribution in [3.05, 3.63) is 51.7 Å². The number of benzene rings is 1. The highest BCUT2D eigenvalue weighted by atomic mass is 32.1. The molecule has 2 nitrogen and oxygen atoms in total. The normalized spacial score (nSPS) is 17.9. The molecule has 1 aromatic carbocycles. The minimum Gasteiger partial charge on any atom is -0.364 e. The van der Waals surface area contributed by atoms with Gasteiger partial charge in [0.05, 0.1) is 6.04 Å². The van der Waals surface area contributed by atoms with Gasteiger partial charge in [-0.15, -0.1) is 11.3 Å². The highest BCUT2D eigenvalue weighted by Gasteiger charge is 2.27. The summed E-state index contributed by atoms with van der Waals surface area (Å²) in [6.45, 7) is 5.15. The molecule has 0 saturated carbocycles. The van der Waals surface area contributed by atoms with E-state index in [-0.39, 0.29) is 5.78 Å². The fraction of sp³-hybridized carbons (Fsp3) is 0.353. The summed E-state index contributed by atoms with van der Waals surface area (Å²) in [6, 6.07) is 10.6. The number of hydrogen-bond acceptors (Lipinski definition) is 3. The van der Waals surface area contributed by atoms with Gasteiger partial charge in [-0.25, -0.2) is 0 Å². The third-order valence-electron chi connectivity index (χ3n) is 4.11. The Morgan fingerprint density at radius 3 is 2.95 bits per heavy atom. The smallest absolute Gasteiger partial charge is 0.164 e. The van der Waals surface area contributed by atoms with E-state index in [1.54, 1.807) is 0 Å². The van der Waals surface area contributed by atoms with Crippen molar-refractivity contribution in [2.75, 3.05) is 11.4 Å². The Bertz CT molecular complexity index is 631. The highest BCUT2D eigenvalue weighted by Crippen LogP contribution is 2.37. The van der Waals surface area contributed by atoms with Crippen LogP contribution in [-0.4, -0.2) is 12.3 Å². The molecule has 0 fully saturated rings. The van der Waals surface area contributed by atoms with Gasteiger partial charge in [0.2, 0.25) is 0 Å². The monoisotopic (exact) mass is 285 g/mol. The lowest BCUT2D eigenvalue weighted by atomic mass is 9.98. The van der Waals surface area contributed by atoms with Crippen molar-refractivity contribution in [3.8, 4) is 0 Å². The van der Waals surface area contributed by atoms with E-state index in [0.29, 0.717) is 12.5 Å². The molecular weight excluding hydrogens is 266 g/mol. The minimum atomic E-state index is 0.226. The molecule has 0 saturated heterocycles. The molecule has 3 heteroatoms. The number of anilines is 1. The molecule has 104 valence electrons. The van der Waals surface area contributed by atoms with Crippen molar-refractivity contribution in [2.45, 2.75) is 32.7 Å². The number of para-hydroxylation sites is 1. The minimum absolute atomic E-state index is 0.226. The molecule has 1 unspecified atom stereocenters. The lowest BCUT2D eigenvalue weighted by Gasteiger charge is -2.36. The van der Waals surface area contributed by atoms with Crippen molar-refractivity contribution in [3.63, 3.8) is 0 Å². The molecule has 1 atom stereocenters. The van der Waals surface area contributed by atoms with Gasteiger partial charge < -0.3 is 4.90 Å². The van der Waals surface area contributed by atoms with Crippen LogP contribution in [0.2, 0.25) is 0 Å². The number of fused-ring (bicyclic) bond motifs is 1. The molecule has 20 heavy (non-hydrogen) atoms. The average molecular weight is 285 g/mol. The van der Waals surface area contributed by atoms with Crippen molar-refractivity contribution < 1.29 is 4.79 Å². The number of rotatable bonds is 3. The number of carbonyl (C=O) groups is 1. The van der Waals surface area contributed by atoms with Gasteiger partial charge in [0.25, 0.3) is 0 Å². The van der Waals surface area contributed by atoms with E-state index in [9.17, 15) is 4.79 Å². The second kappa shape index (κ2) is 5.41. The average Bonchev–Trinajstić information content (AvgIpc) is 2.96. The standard InChI is InChI=1S/C17H19NOS/c1-3-16(19)14-6-4-5-7-15(14)18-10-8-17-13(12(18)2)9-11-20-17/h4-7,9,11-12H,3,8,10H2,1-2H3. The Morgan fingerprint density at radius 1 is 1.35 bits per heavy atom. The predicted molar refractivity (Wildman–Crippen MR) is 84.8 cm³/mol. The van der Waals surface area contributed by atoms with E-state index in [0.717, 1.165) is 24.2 Å². The molecule has 0 bridgehead atoms. The second-order valence-corrected chi connectivity index (χ2v) is 6.21. The van der Waals surface area contributed by atoms with Crippen LogP contribution in [0.15, 0.2) is 35.7 Å². The van der Waals surface area contributed by atoms with Gasteiger partial charge in [0, 0.05) is 29.1 Å². The van der Waals surface area contributed by atoms with Crippen LogP contribution in [0, 0.1) is 0 Å². The number of Topliss-reactive ketones (excluding diaryl/α,β-unsaturated/α-hetero) is 1. The van der Waals surface area contributed by atoms with Gasteiger partial charge in [0.1, 0.15) is 0 Å². The van der Waals surface area contributed by atoms with Gasteiger partial charge in [0.15, 0.2) is 5.78 Å². The van der Waals surface area contributed by atoms with E-state index in [1.807, 2.05) is 36.5 Å². The summed E-state index contributed by atoms with van der Waals surface area (Å²) in [5, 5.41) is 2.17. The van der Waals surface area contributed by atoms with E-state index in [2.05, 4.69) is 29.3 Å². The van der Waals surface area contributed by atoms with Crippen LogP contribution in [0.4, 0.5) is 5.69 Å². The number of carbonyl (C=O) groups excluding carboxylic acids is 1. The molecule has 0 amide bonds. The fourth-order valence-electron chi connectivity index (χ4n) is 2.99. The number of hydrogen-bond donors (Lipinski definition) is 0. The molecule has 2 heterocycles. The first-order valence-corrected chi connectivity index (χ1v) is 8.05. The van der Waals surface area contributed by atoms with Crippen LogP contribution < -0.4 is 4.90 Å². The molecular formula is C17H19NOS. The first kappa shape index (κ1) is 13.4. The fourth-order valence-corrected chi connectivity index (χ4v) is 3.95. The Morgan fingerprint density at radius 2 is 2.15 bits per heavy atom. The Balaban J connectivity index is 2.01. The third kappa shape index (κ3) is 2.16. The number of ketones is 1. The van der Waals surface area contributed by atoms with Crippen molar-refractivity contribution in [1.29, 1.82) is 0 Å². The van der Waals surface area contributed by atoms with Gasteiger partial charge >= 0.3 is 0 Å². The summed E-state index contributed by atoms with van der Waals surface area (Å²) in [7, 11) is 0. The molecule has 0 spiro atoms. The summed E-state index contributed by atoms with van der Waals surface area (Å²) in [4.78, 5) is 16.0. The molecule has 0 aliphatic carbocycles. The van der Waals surface area contributed by atoms with Gasteiger partial charge in [-0.3, -0.25) is 4.79 Å². The largest absolute Gasteiger partial charge is 0.364 e. The summed E-state index contributed by atoms with van der Waals surface area (Å²) in [5.41, 5.74) is 3.37. The quantitative estimate of drug-likeness (QED) is 0.776. The zero-order chi connectivity index (χ0) is 14.1. The Kier molecular flexibility index (Phi) is 3.62. The lowest BCUT2D eigenvalue weighted by molar-refractivity contribution is 0.0988. The zero-order valence-electron chi connectivity index (χ0n) is 11.9. The number of nitrogens with zero attached hydrogens (tertiary/aromatic N) is 1. The maximum atomic E-state index is 12.2. The van der Waals surface area contributed by atoms with Crippen LogP contribution in [0.3, 0.4) is 0 Å². The molecule has 3 rings (SSSR count). The molecule has 1 aromatic heterocycles. The molecule has 2 aromatic rings. The van der Waals surface area contributed by atoms with E-state index >= 15 is 0 Å². The molecule has 0 N–H and O–H groups in total. The maximum absolute atomic E-state index is 12.2. The van der Waals surface area contributed by atoms with Crippen molar-refractivity contribution >= 4 is 22.8 Å². The van der Waals surface area contributed by atoms with Gasteiger partial charge in [-0.05, 0) is 42.5 Å². The van der Waals surface area contributed by atoms with Crippen LogP contribution in [0.5, 0.6) is 0 Å². The summed E-state index contributed by atoms with van der Waals surface area (Å²) >= 11 is 1.85. The molecule has 1 aliphatic rings. The summed E-state index contributed by atoms with van der Waals surface area (Å²) in [5.74, 6) is 0.226. The van der Waals surface area contributed by atoms with Crippen LogP contribution in [-0.2, 0) is 6.42 Å². The highest BCUT2D eigenvalue weighted by molar-refractivity contribution is 7.10. The lowest BCUT2D eigenvalue weighted by Crippen LogP contribution is -2.34. The van der Waals surface area contributed by atoms with Crippen molar-refractivity contribution in [2.24, 2.45) is 0 Å². The van der Waals surface area contributed by atoms with E-state index < -0.39 is 0 Å². The van der Waals surface area contributed by atoms with Crippen LogP contribution >= 0.6 is 11.3 Å². The third-order valence-corrected chi connectivity index (χ3v) is 5.11. The Labute approximate surface area is 124 Å². The van der Waals surface area contributed by atoms with E-state index in [4.69, 9.17) is 0 Å². The molecule has 1 aliphatic heterocycles. The SMILES string of the molecule is CCC(=O)c1ccccc1N1CCc2sccc2C1C. The van der Waals surface area contributed by atoms with Gasteiger partial charge in [-0.2, -0.15) is 0 Å². The zero-order valence-corrected chi connectivity index (χ0v) is 12.7. The topological polar surface area (TPSA) is 20.3 Å². The second-order valence-electron chi connectivity index (χ2n) is 5.21. The number of thiophene rings is 1.